The highest BCUT2D eigenvalue weighted by molar-refractivity contribution is 5.85. The van der Waals surface area contributed by atoms with E-state index >= 15 is 0 Å². The number of hydrogen-bond donors (Lipinski definition) is 1. The van der Waals surface area contributed by atoms with Crippen LogP contribution in [0.3, 0.4) is 0 Å². The molecule has 1 heterocycles. The fraction of sp³-hybridized carbons (Fsp3) is 0.538. The molecule has 1 aliphatic heterocycles. The average Bonchev–Trinajstić information content (AvgIpc) is 2.39. The molecule has 0 unspecified atom stereocenters. The summed E-state index contributed by atoms with van der Waals surface area (Å²) in [4.78, 5) is 2.29. The van der Waals surface area contributed by atoms with Crippen molar-refractivity contribution < 1.29 is 9.13 Å². The van der Waals surface area contributed by atoms with E-state index in [0.29, 0.717) is 5.75 Å². The summed E-state index contributed by atoms with van der Waals surface area (Å²) in [6, 6.07) is 5.20. The summed E-state index contributed by atoms with van der Waals surface area (Å²) >= 11 is 0. The van der Waals surface area contributed by atoms with Crippen molar-refractivity contribution in [1.29, 1.82) is 0 Å². The van der Waals surface area contributed by atoms with Crippen LogP contribution in [0.2, 0.25) is 0 Å². The molecule has 2 rings (SSSR count). The first-order valence-electron chi connectivity index (χ1n) is 6.00. The number of nitrogens with zero attached hydrogens (tertiary/aromatic N) is 1. The number of benzene rings is 1. The van der Waals surface area contributed by atoms with Gasteiger partial charge in [-0.2, -0.15) is 0 Å². The number of halogens is 3. The molecule has 0 radical (unpaired) electrons. The van der Waals surface area contributed by atoms with Crippen molar-refractivity contribution >= 4 is 24.8 Å². The predicted molar refractivity (Wildman–Crippen MR) is 80.3 cm³/mol. The zero-order valence-corrected chi connectivity index (χ0v) is 12.8. The van der Waals surface area contributed by atoms with Gasteiger partial charge in [0.2, 0.25) is 0 Å². The second-order valence-corrected chi connectivity index (χ2v) is 4.35. The first kappa shape index (κ1) is 18.4. The smallest absolute Gasteiger partial charge is 0.131 e. The van der Waals surface area contributed by atoms with Gasteiger partial charge in [0, 0.05) is 43.9 Å². The molecular formula is C13H21Cl2FN2O. The van der Waals surface area contributed by atoms with Crippen LogP contribution in [0.5, 0.6) is 5.75 Å². The zero-order valence-electron chi connectivity index (χ0n) is 11.2. The van der Waals surface area contributed by atoms with Crippen LogP contribution in [0.15, 0.2) is 18.2 Å². The Morgan fingerprint density at radius 2 is 1.89 bits per heavy atom. The van der Waals surface area contributed by atoms with Crippen LogP contribution in [0.1, 0.15) is 18.5 Å². The molecule has 110 valence electrons. The molecule has 3 nitrogen and oxygen atoms in total. The number of nitrogens with one attached hydrogen (secondary N) is 1. The van der Waals surface area contributed by atoms with Crippen LogP contribution in [0, 0.1) is 5.82 Å². The van der Waals surface area contributed by atoms with Crippen molar-refractivity contribution in [1.82, 2.24) is 10.2 Å². The number of ether oxygens (including phenoxy) is 1. The zero-order chi connectivity index (χ0) is 12.3. The highest BCUT2D eigenvalue weighted by Crippen LogP contribution is 2.26. The molecule has 0 spiro atoms. The molecule has 0 amide bonds. The predicted octanol–water partition coefficient (Wildman–Crippen LogP) is 2.64. The van der Waals surface area contributed by atoms with Gasteiger partial charge in [0.1, 0.15) is 11.6 Å². The summed E-state index contributed by atoms with van der Waals surface area (Å²) in [6.45, 7) is 5.93. The Morgan fingerprint density at radius 3 is 2.42 bits per heavy atom. The number of hydrogen-bond acceptors (Lipinski definition) is 3. The minimum Gasteiger partial charge on any atom is -0.497 e. The Bertz CT molecular complexity index is 387. The van der Waals surface area contributed by atoms with Gasteiger partial charge in [-0.05, 0) is 13.0 Å². The molecule has 1 atom stereocenters. The molecule has 6 heteroatoms. The van der Waals surface area contributed by atoms with Crippen LogP contribution in [-0.2, 0) is 0 Å². The third-order valence-corrected chi connectivity index (χ3v) is 3.36. The minimum absolute atomic E-state index is 0. The fourth-order valence-corrected chi connectivity index (χ4v) is 2.24. The summed E-state index contributed by atoms with van der Waals surface area (Å²) in [5, 5.41) is 3.30. The van der Waals surface area contributed by atoms with E-state index in [9.17, 15) is 4.39 Å². The van der Waals surface area contributed by atoms with Gasteiger partial charge >= 0.3 is 0 Å². The lowest BCUT2D eigenvalue weighted by Crippen LogP contribution is -2.44. The maximum Gasteiger partial charge on any atom is 0.131 e. The average molecular weight is 311 g/mol. The monoisotopic (exact) mass is 310 g/mol. The van der Waals surface area contributed by atoms with Crippen LogP contribution in [-0.4, -0.2) is 38.2 Å². The summed E-state index contributed by atoms with van der Waals surface area (Å²) in [6.07, 6.45) is 0. The Labute approximate surface area is 126 Å². The van der Waals surface area contributed by atoms with Crippen LogP contribution < -0.4 is 10.1 Å². The van der Waals surface area contributed by atoms with Crippen molar-refractivity contribution in [3.8, 4) is 5.75 Å². The van der Waals surface area contributed by atoms with Crippen molar-refractivity contribution in [2.75, 3.05) is 33.3 Å². The molecule has 0 aromatic heterocycles. The topological polar surface area (TPSA) is 24.5 Å². The number of piperazine rings is 1. The second kappa shape index (κ2) is 8.59. The van der Waals surface area contributed by atoms with Gasteiger partial charge < -0.3 is 10.1 Å². The number of rotatable bonds is 3. The lowest BCUT2D eigenvalue weighted by atomic mass is 10.1. The maximum atomic E-state index is 13.9. The van der Waals surface area contributed by atoms with Crippen molar-refractivity contribution in [2.45, 2.75) is 13.0 Å². The summed E-state index contributed by atoms with van der Waals surface area (Å²) in [7, 11) is 1.55. The summed E-state index contributed by atoms with van der Waals surface area (Å²) in [5.74, 6) is 0.383. The highest BCUT2D eigenvalue weighted by Gasteiger charge is 2.20. The standard InChI is InChI=1S/C13H19FN2O.2ClH/c1-10(16-7-5-15-6-8-16)12-4-3-11(17-2)9-13(12)14;;/h3-4,9-10,15H,5-8H2,1-2H3;2*1H/t10-;;/m0../s1. The van der Waals surface area contributed by atoms with Crippen LogP contribution in [0.25, 0.3) is 0 Å². The van der Waals surface area contributed by atoms with Crippen LogP contribution >= 0.6 is 24.8 Å². The molecule has 0 aliphatic carbocycles. The van der Waals surface area contributed by atoms with E-state index in [1.807, 2.05) is 12.1 Å². The third kappa shape index (κ3) is 4.49. The van der Waals surface area contributed by atoms with Gasteiger partial charge in [0.05, 0.1) is 7.11 Å². The minimum atomic E-state index is -0.185. The fourth-order valence-electron chi connectivity index (χ4n) is 2.24. The quantitative estimate of drug-likeness (QED) is 0.929. The second-order valence-electron chi connectivity index (χ2n) is 4.35. The summed E-state index contributed by atoms with van der Waals surface area (Å²) in [5.41, 5.74) is 0.743. The SMILES string of the molecule is COc1ccc([C@H](C)N2CCNCC2)c(F)c1.Cl.Cl. The molecule has 1 fully saturated rings. The Kier molecular flexibility index (Phi) is 8.34. The van der Waals surface area contributed by atoms with Crippen molar-refractivity contribution in [3.05, 3.63) is 29.6 Å². The molecule has 1 aliphatic rings. The lowest BCUT2D eigenvalue weighted by Gasteiger charge is -2.33. The Hall–Kier alpha value is -0.550. The van der Waals surface area contributed by atoms with Gasteiger partial charge in [-0.25, -0.2) is 4.39 Å². The summed E-state index contributed by atoms with van der Waals surface area (Å²) < 4.78 is 18.9. The van der Waals surface area contributed by atoms with Crippen molar-refractivity contribution in [2.24, 2.45) is 0 Å². The van der Waals surface area contributed by atoms with E-state index in [4.69, 9.17) is 4.74 Å². The molecule has 1 saturated heterocycles. The van der Waals surface area contributed by atoms with Gasteiger partial charge in [-0.1, -0.05) is 6.07 Å². The van der Waals surface area contributed by atoms with E-state index in [1.165, 1.54) is 6.07 Å². The maximum absolute atomic E-state index is 13.9. The first-order valence-corrected chi connectivity index (χ1v) is 6.00. The van der Waals surface area contributed by atoms with E-state index in [0.717, 1.165) is 31.7 Å². The van der Waals surface area contributed by atoms with E-state index in [2.05, 4.69) is 17.1 Å². The van der Waals surface area contributed by atoms with Gasteiger partial charge in [-0.15, -0.1) is 24.8 Å². The highest BCUT2D eigenvalue weighted by atomic mass is 35.5. The largest absolute Gasteiger partial charge is 0.497 e. The molecule has 0 bridgehead atoms. The van der Waals surface area contributed by atoms with Crippen molar-refractivity contribution in [3.63, 3.8) is 0 Å². The molecule has 0 saturated carbocycles. The molecule has 1 aromatic carbocycles. The van der Waals surface area contributed by atoms with Crippen LogP contribution in [0.4, 0.5) is 4.39 Å². The number of methoxy groups -OCH3 is 1. The molecule has 1 aromatic rings. The van der Waals surface area contributed by atoms with E-state index in [1.54, 1.807) is 7.11 Å². The van der Waals surface area contributed by atoms with E-state index in [-0.39, 0.29) is 36.7 Å². The van der Waals surface area contributed by atoms with Gasteiger partial charge in [0.15, 0.2) is 0 Å². The first-order chi connectivity index (χ1) is 8.22. The normalized spacial score (nSPS) is 17.0. The molecular weight excluding hydrogens is 290 g/mol. The Morgan fingerprint density at radius 1 is 1.26 bits per heavy atom. The lowest BCUT2D eigenvalue weighted by molar-refractivity contribution is 0.182. The van der Waals surface area contributed by atoms with E-state index < -0.39 is 0 Å². The Balaban J connectivity index is 0.00000162. The molecule has 19 heavy (non-hydrogen) atoms. The van der Waals surface area contributed by atoms with Gasteiger partial charge in [-0.3, -0.25) is 4.90 Å². The molecule has 1 N–H and O–H groups in total. The third-order valence-electron chi connectivity index (χ3n) is 3.36. The van der Waals surface area contributed by atoms with Gasteiger partial charge in [0.25, 0.3) is 0 Å².